The van der Waals surface area contributed by atoms with Crippen molar-refractivity contribution in [3.05, 3.63) is 89.0 Å². The summed E-state index contributed by atoms with van der Waals surface area (Å²) in [6.07, 6.45) is 0. The van der Waals surface area contributed by atoms with E-state index in [1.807, 2.05) is 0 Å². The van der Waals surface area contributed by atoms with E-state index in [-0.39, 0.29) is 11.3 Å². The zero-order valence-corrected chi connectivity index (χ0v) is 19.4. The molecule has 188 valence electrons. The van der Waals surface area contributed by atoms with Gasteiger partial charge in [0.05, 0.1) is 5.56 Å². The summed E-state index contributed by atoms with van der Waals surface area (Å²) in [6, 6.07) is 9.73. The normalized spacial score (nSPS) is 11.2. The van der Waals surface area contributed by atoms with E-state index < -0.39 is 64.4 Å². The van der Waals surface area contributed by atoms with E-state index in [0.717, 1.165) is 17.0 Å². The minimum atomic E-state index is -1.46. The van der Waals surface area contributed by atoms with Gasteiger partial charge in [-0.05, 0) is 56.2 Å². The molecule has 0 spiro atoms. The maximum Gasteiger partial charge on any atom is 0.338 e. The second-order valence-electron chi connectivity index (χ2n) is 8.77. The molecular formula is C26H21F4NO5. The first-order valence-corrected chi connectivity index (χ1v) is 10.6. The molecule has 0 saturated carbocycles. The first-order chi connectivity index (χ1) is 16.8. The maximum absolute atomic E-state index is 14.4. The highest BCUT2D eigenvalue weighted by Crippen LogP contribution is 2.28. The third kappa shape index (κ3) is 6.07. The van der Waals surface area contributed by atoms with Gasteiger partial charge in [0.2, 0.25) is 0 Å². The van der Waals surface area contributed by atoms with Crippen LogP contribution in [-0.4, -0.2) is 35.1 Å². The summed E-state index contributed by atoms with van der Waals surface area (Å²) in [5, 5.41) is 9.03. The summed E-state index contributed by atoms with van der Waals surface area (Å²) in [4.78, 5) is 37.6. The number of hydrogen-bond donors (Lipinski definition) is 1. The lowest BCUT2D eigenvalue weighted by Crippen LogP contribution is -2.39. The van der Waals surface area contributed by atoms with Crippen LogP contribution in [0.15, 0.2) is 54.6 Å². The first kappa shape index (κ1) is 26.4. The van der Waals surface area contributed by atoms with Crippen molar-refractivity contribution in [3.8, 4) is 11.1 Å². The lowest BCUT2D eigenvalue weighted by atomic mass is 10.0. The fourth-order valence-electron chi connectivity index (χ4n) is 3.39. The zero-order valence-electron chi connectivity index (χ0n) is 19.4. The summed E-state index contributed by atoms with van der Waals surface area (Å²) in [5.74, 6) is -8.77. The van der Waals surface area contributed by atoms with Crippen LogP contribution in [0.25, 0.3) is 11.1 Å². The number of hydrogen-bond acceptors (Lipinski definition) is 4. The van der Waals surface area contributed by atoms with Gasteiger partial charge in [-0.3, -0.25) is 14.5 Å². The highest BCUT2D eigenvalue weighted by atomic mass is 19.1. The van der Waals surface area contributed by atoms with Crippen LogP contribution in [0.3, 0.4) is 0 Å². The number of nitrogens with zero attached hydrogens (tertiary/aromatic N) is 1. The molecule has 0 saturated heterocycles. The van der Waals surface area contributed by atoms with Crippen LogP contribution in [0.1, 0.15) is 41.5 Å². The van der Waals surface area contributed by atoms with Crippen LogP contribution >= 0.6 is 0 Å². The molecule has 0 heterocycles. The SMILES string of the molecule is CC(C)(C)OC(=O)CN(C(=O)c1c(F)cc(F)cc1F)c1cccc(-c2ccc(C(=O)O)c(F)c2)c1. The van der Waals surface area contributed by atoms with Crippen molar-refractivity contribution in [2.75, 3.05) is 11.4 Å². The van der Waals surface area contributed by atoms with Gasteiger partial charge < -0.3 is 9.84 Å². The van der Waals surface area contributed by atoms with Crippen LogP contribution < -0.4 is 4.90 Å². The van der Waals surface area contributed by atoms with Crippen molar-refractivity contribution in [2.45, 2.75) is 26.4 Å². The van der Waals surface area contributed by atoms with Gasteiger partial charge in [-0.1, -0.05) is 18.2 Å². The molecule has 0 aliphatic rings. The molecule has 0 radical (unpaired) electrons. The average Bonchev–Trinajstić information content (AvgIpc) is 2.75. The Labute approximate surface area is 203 Å². The molecule has 0 bridgehead atoms. The van der Waals surface area contributed by atoms with Crippen LogP contribution in [0.2, 0.25) is 0 Å². The molecule has 1 amide bonds. The number of carbonyl (C=O) groups is 3. The molecule has 3 rings (SSSR count). The molecule has 36 heavy (non-hydrogen) atoms. The fraction of sp³-hybridized carbons (Fsp3) is 0.192. The first-order valence-electron chi connectivity index (χ1n) is 10.6. The van der Waals surface area contributed by atoms with Crippen molar-refractivity contribution in [3.63, 3.8) is 0 Å². The van der Waals surface area contributed by atoms with E-state index in [0.29, 0.717) is 17.7 Å². The van der Waals surface area contributed by atoms with Gasteiger partial charge in [-0.2, -0.15) is 0 Å². The molecule has 0 fully saturated rings. The number of carbonyl (C=O) groups excluding carboxylic acids is 2. The summed E-state index contributed by atoms with van der Waals surface area (Å²) < 4.78 is 61.7. The second kappa shape index (κ2) is 10.2. The monoisotopic (exact) mass is 503 g/mol. The molecule has 10 heteroatoms. The minimum Gasteiger partial charge on any atom is -0.478 e. The Balaban J connectivity index is 2.08. The number of ether oxygens (including phenoxy) is 1. The fourth-order valence-corrected chi connectivity index (χ4v) is 3.39. The van der Waals surface area contributed by atoms with E-state index in [9.17, 15) is 31.9 Å². The molecule has 0 aromatic heterocycles. The van der Waals surface area contributed by atoms with E-state index in [1.54, 1.807) is 20.8 Å². The Kier molecular flexibility index (Phi) is 7.47. The Morgan fingerprint density at radius 1 is 0.861 bits per heavy atom. The van der Waals surface area contributed by atoms with E-state index >= 15 is 0 Å². The van der Waals surface area contributed by atoms with Crippen LogP contribution in [0.4, 0.5) is 23.2 Å². The van der Waals surface area contributed by atoms with Crippen molar-refractivity contribution < 1.29 is 41.8 Å². The van der Waals surface area contributed by atoms with E-state index in [1.165, 1.54) is 30.3 Å². The lowest BCUT2D eigenvalue weighted by molar-refractivity contribution is -0.152. The number of rotatable bonds is 6. The second-order valence-corrected chi connectivity index (χ2v) is 8.77. The van der Waals surface area contributed by atoms with E-state index in [2.05, 4.69) is 0 Å². The highest BCUT2D eigenvalue weighted by molar-refractivity contribution is 6.09. The summed E-state index contributed by atoms with van der Waals surface area (Å²) in [7, 11) is 0. The van der Waals surface area contributed by atoms with Gasteiger partial charge in [-0.15, -0.1) is 0 Å². The summed E-state index contributed by atoms with van der Waals surface area (Å²) in [5.41, 5.74) is -2.01. The molecule has 1 N–H and O–H groups in total. The number of esters is 1. The third-order valence-corrected chi connectivity index (χ3v) is 4.86. The molecule has 0 atom stereocenters. The van der Waals surface area contributed by atoms with Gasteiger partial charge >= 0.3 is 11.9 Å². The van der Waals surface area contributed by atoms with Gasteiger partial charge in [0, 0.05) is 17.8 Å². The number of halogens is 4. The quantitative estimate of drug-likeness (QED) is 0.350. The van der Waals surface area contributed by atoms with Crippen LogP contribution in [0.5, 0.6) is 0 Å². The van der Waals surface area contributed by atoms with Crippen LogP contribution in [0, 0.1) is 23.3 Å². The molecule has 3 aromatic rings. The Bertz CT molecular complexity index is 1330. The number of aromatic carboxylic acids is 1. The molecule has 0 aliphatic carbocycles. The number of benzene rings is 3. The van der Waals surface area contributed by atoms with Gasteiger partial charge in [0.1, 0.15) is 41.0 Å². The van der Waals surface area contributed by atoms with Crippen molar-refractivity contribution in [1.82, 2.24) is 0 Å². The highest BCUT2D eigenvalue weighted by Gasteiger charge is 2.29. The Hall–Kier alpha value is -4.21. The van der Waals surface area contributed by atoms with Crippen molar-refractivity contribution >= 4 is 23.5 Å². The largest absolute Gasteiger partial charge is 0.478 e. The molecule has 6 nitrogen and oxygen atoms in total. The Morgan fingerprint density at radius 3 is 2.03 bits per heavy atom. The summed E-state index contributed by atoms with van der Waals surface area (Å²) in [6.45, 7) is 4.02. The zero-order chi connectivity index (χ0) is 26.8. The summed E-state index contributed by atoms with van der Waals surface area (Å²) >= 11 is 0. The maximum atomic E-state index is 14.4. The van der Waals surface area contributed by atoms with Gasteiger partial charge in [0.25, 0.3) is 5.91 Å². The number of anilines is 1. The standard InChI is InChI=1S/C26H21F4NO5/c1-26(2,3)36-22(32)13-31(24(33)23-20(29)11-16(27)12-21(23)30)17-6-4-5-14(9-17)15-7-8-18(25(34)35)19(28)10-15/h4-12H,13H2,1-3H3,(H,34,35). The number of amides is 1. The predicted octanol–water partition coefficient (Wildman–Crippen LogP) is 5.60. The molecule has 0 aliphatic heterocycles. The van der Waals surface area contributed by atoms with Gasteiger partial charge in [-0.25, -0.2) is 22.4 Å². The third-order valence-electron chi connectivity index (χ3n) is 4.86. The number of carboxylic acids is 1. The predicted molar refractivity (Wildman–Crippen MR) is 123 cm³/mol. The smallest absolute Gasteiger partial charge is 0.338 e. The lowest BCUT2D eigenvalue weighted by Gasteiger charge is -2.26. The van der Waals surface area contributed by atoms with Crippen molar-refractivity contribution in [1.29, 1.82) is 0 Å². The minimum absolute atomic E-state index is 0.00537. The van der Waals surface area contributed by atoms with E-state index in [4.69, 9.17) is 9.84 Å². The van der Waals surface area contributed by atoms with Crippen LogP contribution in [-0.2, 0) is 9.53 Å². The average molecular weight is 503 g/mol. The molecule has 0 unspecified atom stereocenters. The molecular weight excluding hydrogens is 482 g/mol. The van der Waals surface area contributed by atoms with Crippen molar-refractivity contribution in [2.24, 2.45) is 0 Å². The Morgan fingerprint density at radius 2 is 1.47 bits per heavy atom. The molecule has 3 aromatic carbocycles. The topological polar surface area (TPSA) is 83.9 Å². The number of carboxylic acid groups (broad SMARTS) is 1. The van der Waals surface area contributed by atoms with Gasteiger partial charge in [0.15, 0.2) is 0 Å².